The predicted molar refractivity (Wildman–Crippen MR) is 86.1 cm³/mol. The minimum absolute atomic E-state index is 0.0228. The second-order valence-corrected chi connectivity index (χ2v) is 6.07. The number of benzene rings is 1. The van der Waals surface area contributed by atoms with Crippen LogP contribution in [0.2, 0.25) is 0 Å². The maximum atomic E-state index is 11.9. The van der Waals surface area contributed by atoms with Crippen molar-refractivity contribution in [3.8, 4) is 10.8 Å². The molecule has 114 valence electrons. The van der Waals surface area contributed by atoms with E-state index < -0.39 is 5.97 Å². The summed E-state index contributed by atoms with van der Waals surface area (Å²) in [4.78, 5) is 16.8. The first-order valence-corrected chi connectivity index (χ1v) is 7.73. The van der Waals surface area contributed by atoms with Crippen LogP contribution in [0.1, 0.15) is 23.5 Å². The number of carbonyl (C=O) groups is 1. The molecule has 0 atom stereocenters. The Bertz CT molecular complexity index is 820. The van der Waals surface area contributed by atoms with Crippen molar-refractivity contribution in [2.75, 3.05) is 7.11 Å². The summed E-state index contributed by atoms with van der Waals surface area (Å²) in [7, 11) is 1.37. The van der Waals surface area contributed by atoms with Gasteiger partial charge in [-0.3, -0.25) is 4.57 Å². The summed E-state index contributed by atoms with van der Waals surface area (Å²) in [5.41, 5.74) is 1.89. The van der Waals surface area contributed by atoms with Gasteiger partial charge in [-0.2, -0.15) is 0 Å². The summed E-state index contributed by atoms with van der Waals surface area (Å²) < 4.78 is 12.5. The quantitative estimate of drug-likeness (QED) is 0.689. The van der Waals surface area contributed by atoms with Crippen molar-refractivity contribution in [3.63, 3.8) is 0 Å². The molecule has 22 heavy (non-hydrogen) atoms. The van der Waals surface area contributed by atoms with E-state index in [9.17, 15) is 4.79 Å². The van der Waals surface area contributed by atoms with Gasteiger partial charge >= 0.3 is 5.97 Å². The van der Waals surface area contributed by atoms with Crippen LogP contribution in [-0.2, 0) is 4.74 Å². The highest BCUT2D eigenvalue weighted by molar-refractivity contribution is 7.16. The Labute approximate surface area is 132 Å². The van der Waals surface area contributed by atoms with Crippen molar-refractivity contribution in [2.45, 2.75) is 20.0 Å². The molecule has 0 amide bonds. The molecule has 0 bridgehead atoms. The van der Waals surface area contributed by atoms with Gasteiger partial charge in [-0.05, 0) is 26.0 Å². The Balaban J connectivity index is 2.11. The van der Waals surface area contributed by atoms with Crippen molar-refractivity contribution in [3.05, 3.63) is 41.5 Å². The highest BCUT2D eigenvalue weighted by Gasteiger charge is 2.20. The SMILES string of the molecule is COC(=O)c1sc(-n2cnc3ccccc32)cc1OC(C)C. The minimum Gasteiger partial charge on any atom is -0.489 e. The summed E-state index contributed by atoms with van der Waals surface area (Å²) in [6.45, 7) is 3.84. The van der Waals surface area contributed by atoms with Gasteiger partial charge in [-0.15, -0.1) is 11.3 Å². The number of methoxy groups -OCH3 is 1. The Morgan fingerprint density at radius 1 is 1.32 bits per heavy atom. The van der Waals surface area contributed by atoms with Crippen LogP contribution in [-0.4, -0.2) is 28.7 Å². The van der Waals surface area contributed by atoms with Gasteiger partial charge in [-0.25, -0.2) is 9.78 Å². The number of fused-ring (bicyclic) bond motifs is 1. The Kier molecular flexibility index (Phi) is 3.85. The van der Waals surface area contributed by atoms with Crippen LogP contribution in [0.25, 0.3) is 16.0 Å². The van der Waals surface area contributed by atoms with Gasteiger partial charge in [0.15, 0.2) is 4.88 Å². The fraction of sp³-hybridized carbons (Fsp3) is 0.250. The summed E-state index contributed by atoms with van der Waals surface area (Å²) in [5.74, 6) is 0.149. The molecule has 0 spiro atoms. The van der Waals surface area contributed by atoms with E-state index in [4.69, 9.17) is 9.47 Å². The number of ether oxygens (including phenoxy) is 2. The first kappa shape index (κ1) is 14.6. The van der Waals surface area contributed by atoms with Gasteiger partial charge in [0.05, 0.1) is 24.2 Å². The molecule has 0 unspecified atom stereocenters. The van der Waals surface area contributed by atoms with Gasteiger partial charge < -0.3 is 9.47 Å². The molecule has 0 saturated heterocycles. The van der Waals surface area contributed by atoms with Crippen LogP contribution in [0.15, 0.2) is 36.7 Å². The molecule has 0 fully saturated rings. The lowest BCUT2D eigenvalue weighted by atomic mass is 10.3. The van der Waals surface area contributed by atoms with Crippen molar-refractivity contribution in [1.29, 1.82) is 0 Å². The molecular formula is C16H16N2O3S. The fourth-order valence-corrected chi connectivity index (χ4v) is 3.19. The number of hydrogen-bond acceptors (Lipinski definition) is 5. The molecule has 6 heteroatoms. The third kappa shape index (κ3) is 2.57. The maximum Gasteiger partial charge on any atom is 0.351 e. The van der Waals surface area contributed by atoms with E-state index in [0.29, 0.717) is 10.6 Å². The van der Waals surface area contributed by atoms with E-state index in [-0.39, 0.29) is 6.10 Å². The third-order valence-corrected chi connectivity index (χ3v) is 4.21. The topological polar surface area (TPSA) is 53.4 Å². The molecule has 3 rings (SSSR count). The highest BCUT2D eigenvalue weighted by Crippen LogP contribution is 2.34. The Morgan fingerprint density at radius 3 is 2.82 bits per heavy atom. The average Bonchev–Trinajstić information content (AvgIpc) is 3.09. The molecule has 2 heterocycles. The molecule has 0 radical (unpaired) electrons. The summed E-state index contributed by atoms with van der Waals surface area (Å²) in [6.07, 6.45) is 1.72. The van der Waals surface area contributed by atoms with Crippen LogP contribution in [0.4, 0.5) is 0 Å². The molecule has 0 aliphatic heterocycles. The van der Waals surface area contributed by atoms with E-state index >= 15 is 0 Å². The Morgan fingerprint density at radius 2 is 2.09 bits per heavy atom. The number of esters is 1. The number of thiophene rings is 1. The predicted octanol–water partition coefficient (Wildman–Crippen LogP) is 3.66. The Hall–Kier alpha value is -2.34. The largest absolute Gasteiger partial charge is 0.489 e. The van der Waals surface area contributed by atoms with Crippen molar-refractivity contribution < 1.29 is 14.3 Å². The highest BCUT2D eigenvalue weighted by atomic mass is 32.1. The normalized spacial score (nSPS) is 11.1. The van der Waals surface area contributed by atoms with Gasteiger partial charge in [0.1, 0.15) is 17.1 Å². The van der Waals surface area contributed by atoms with Crippen molar-refractivity contribution in [1.82, 2.24) is 9.55 Å². The maximum absolute atomic E-state index is 11.9. The summed E-state index contributed by atoms with van der Waals surface area (Å²) in [6, 6.07) is 9.70. The molecule has 1 aromatic carbocycles. The van der Waals surface area contributed by atoms with E-state index in [0.717, 1.165) is 16.0 Å². The lowest BCUT2D eigenvalue weighted by Gasteiger charge is -2.08. The van der Waals surface area contributed by atoms with Crippen LogP contribution in [0.3, 0.4) is 0 Å². The molecule has 0 aliphatic rings. The first-order valence-electron chi connectivity index (χ1n) is 6.91. The fourth-order valence-electron chi connectivity index (χ4n) is 2.19. The number of aromatic nitrogens is 2. The van der Waals surface area contributed by atoms with Gasteiger partial charge in [0, 0.05) is 6.07 Å². The van der Waals surface area contributed by atoms with Crippen LogP contribution < -0.4 is 4.74 Å². The number of nitrogens with zero attached hydrogens (tertiary/aromatic N) is 2. The molecule has 0 saturated carbocycles. The van der Waals surface area contributed by atoms with Crippen LogP contribution >= 0.6 is 11.3 Å². The lowest BCUT2D eigenvalue weighted by Crippen LogP contribution is -2.08. The van der Waals surface area contributed by atoms with Gasteiger partial charge in [0.25, 0.3) is 0 Å². The van der Waals surface area contributed by atoms with E-state index in [1.807, 2.05) is 48.7 Å². The van der Waals surface area contributed by atoms with Crippen molar-refractivity contribution >= 4 is 28.3 Å². The molecule has 2 aromatic heterocycles. The molecular weight excluding hydrogens is 300 g/mol. The van der Waals surface area contributed by atoms with E-state index in [2.05, 4.69) is 4.98 Å². The van der Waals surface area contributed by atoms with Crippen molar-refractivity contribution in [2.24, 2.45) is 0 Å². The minimum atomic E-state index is -0.392. The van der Waals surface area contributed by atoms with Crippen LogP contribution in [0.5, 0.6) is 5.75 Å². The van der Waals surface area contributed by atoms with E-state index in [1.54, 1.807) is 6.33 Å². The second-order valence-electron chi connectivity index (χ2n) is 5.04. The van der Waals surface area contributed by atoms with Crippen LogP contribution in [0, 0.1) is 0 Å². The molecule has 0 N–H and O–H groups in total. The van der Waals surface area contributed by atoms with Gasteiger partial charge in [0.2, 0.25) is 0 Å². The molecule has 5 nitrogen and oxygen atoms in total. The smallest absolute Gasteiger partial charge is 0.351 e. The summed E-state index contributed by atoms with van der Waals surface area (Å²) in [5, 5.41) is 0.866. The number of hydrogen-bond donors (Lipinski definition) is 0. The molecule has 0 aliphatic carbocycles. The summed E-state index contributed by atoms with van der Waals surface area (Å²) >= 11 is 1.33. The lowest BCUT2D eigenvalue weighted by molar-refractivity contribution is 0.0600. The zero-order valence-corrected chi connectivity index (χ0v) is 13.4. The number of carbonyl (C=O) groups excluding carboxylic acids is 1. The standard InChI is InChI=1S/C16H16N2O3S/c1-10(2)21-13-8-14(22-15(13)16(19)20-3)18-9-17-11-6-4-5-7-12(11)18/h4-10H,1-3H3. The zero-order valence-electron chi connectivity index (χ0n) is 12.6. The van der Waals surface area contributed by atoms with E-state index in [1.165, 1.54) is 18.4 Å². The third-order valence-electron chi connectivity index (χ3n) is 3.11. The molecule has 3 aromatic rings. The zero-order chi connectivity index (χ0) is 15.7. The number of imidazole rings is 1. The number of para-hydroxylation sites is 2. The van der Waals surface area contributed by atoms with Gasteiger partial charge in [-0.1, -0.05) is 12.1 Å². The monoisotopic (exact) mass is 316 g/mol. The second kappa shape index (κ2) is 5.81. The first-order chi connectivity index (χ1) is 10.6. The average molecular weight is 316 g/mol. The number of rotatable bonds is 4.